The van der Waals surface area contributed by atoms with Gasteiger partial charge in [-0.25, -0.2) is 9.97 Å². The second-order valence-corrected chi connectivity index (χ2v) is 4.74. The average molecular weight is 270 g/mol. The predicted molar refractivity (Wildman–Crippen MR) is 80.1 cm³/mol. The van der Waals surface area contributed by atoms with Crippen LogP contribution in [-0.2, 0) is 0 Å². The Morgan fingerprint density at radius 3 is 2.60 bits per heavy atom. The molecule has 0 fully saturated rings. The van der Waals surface area contributed by atoms with Crippen molar-refractivity contribution in [2.75, 3.05) is 17.7 Å². The fourth-order valence-corrected chi connectivity index (χ4v) is 1.73. The van der Waals surface area contributed by atoms with E-state index in [-0.39, 0.29) is 11.8 Å². The van der Waals surface area contributed by atoms with Gasteiger partial charge in [0.05, 0.1) is 0 Å². The maximum Gasteiger partial charge on any atom is 0.257 e. The maximum absolute atomic E-state index is 12.3. The summed E-state index contributed by atoms with van der Waals surface area (Å²) >= 11 is 0. The molecule has 2 rings (SSSR count). The van der Waals surface area contributed by atoms with Crippen molar-refractivity contribution in [1.82, 2.24) is 9.97 Å². The fourth-order valence-electron chi connectivity index (χ4n) is 1.73. The van der Waals surface area contributed by atoms with Gasteiger partial charge >= 0.3 is 0 Å². The lowest BCUT2D eigenvalue weighted by Gasteiger charge is -2.11. The molecule has 2 aromatic heterocycles. The van der Waals surface area contributed by atoms with E-state index in [1.165, 1.54) is 0 Å². The Kier molecular flexibility index (Phi) is 4.30. The lowest BCUT2D eigenvalue weighted by atomic mass is 10.1. The van der Waals surface area contributed by atoms with Gasteiger partial charge in [-0.05, 0) is 30.2 Å². The van der Waals surface area contributed by atoms with Gasteiger partial charge in [-0.1, -0.05) is 19.9 Å². The van der Waals surface area contributed by atoms with Crippen molar-refractivity contribution in [1.29, 1.82) is 0 Å². The second-order valence-electron chi connectivity index (χ2n) is 4.74. The van der Waals surface area contributed by atoms with Crippen LogP contribution in [0.4, 0.5) is 11.6 Å². The van der Waals surface area contributed by atoms with E-state index in [1.54, 1.807) is 31.4 Å². The third-order valence-corrected chi connectivity index (χ3v) is 2.86. The minimum Gasteiger partial charge on any atom is -0.373 e. The molecule has 104 valence electrons. The average Bonchev–Trinajstić information content (AvgIpc) is 2.47. The zero-order chi connectivity index (χ0) is 14.5. The Morgan fingerprint density at radius 2 is 2.00 bits per heavy atom. The van der Waals surface area contributed by atoms with Crippen molar-refractivity contribution in [2.45, 2.75) is 19.8 Å². The van der Waals surface area contributed by atoms with Crippen molar-refractivity contribution < 1.29 is 4.79 Å². The molecule has 5 heteroatoms. The summed E-state index contributed by atoms with van der Waals surface area (Å²) in [4.78, 5) is 20.8. The van der Waals surface area contributed by atoms with E-state index >= 15 is 0 Å². The van der Waals surface area contributed by atoms with Crippen LogP contribution >= 0.6 is 0 Å². The van der Waals surface area contributed by atoms with Gasteiger partial charge in [-0.2, -0.15) is 0 Å². The highest BCUT2D eigenvalue weighted by Gasteiger charge is 2.12. The van der Waals surface area contributed by atoms with Gasteiger partial charge in [-0.3, -0.25) is 4.79 Å². The summed E-state index contributed by atoms with van der Waals surface area (Å²) in [5, 5.41) is 5.74. The third kappa shape index (κ3) is 3.32. The quantitative estimate of drug-likeness (QED) is 0.896. The van der Waals surface area contributed by atoms with Crippen LogP contribution in [0.25, 0.3) is 0 Å². The van der Waals surface area contributed by atoms with Crippen LogP contribution in [0.15, 0.2) is 36.5 Å². The lowest BCUT2D eigenvalue weighted by Crippen LogP contribution is -2.14. The van der Waals surface area contributed by atoms with Gasteiger partial charge in [-0.15, -0.1) is 0 Å². The Morgan fingerprint density at radius 1 is 1.20 bits per heavy atom. The van der Waals surface area contributed by atoms with Crippen molar-refractivity contribution in [3.63, 3.8) is 0 Å². The molecule has 0 aliphatic rings. The molecule has 2 aromatic rings. The molecule has 2 N–H and O–H groups in total. The number of pyridine rings is 2. The minimum absolute atomic E-state index is 0.190. The normalized spacial score (nSPS) is 10.4. The minimum atomic E-state index is -0.190. The monoisotopic (exact) mass is 270 g/mol. The van der Waals surface area contributed by atoms with Crippen molar-refractivity contribution >= 4 is 17.5 Å². The first-order valence-corrected chi connectivity index (χ1v) is 6.52. The molecule has 0 unspecified atom stereocenters. The summed E-state index contributed by atoms with van der Waals surface area (Å²) in [6.45, 7) is 4.09. The van der Waals surface area contributed by atoms with E-state index in [9.17, 15) is 4.79 Å². The van der Waals surface area contributed by atoms with Crippen LogP contribution in [0.1, 0.15) is 35.8 Å². The van der Waals surface area contributed by atoms with Gasteiger partial charge < -0.3 is 10.6 Å². The standard InChI is InChI=1S/C15H18N4O/c1-10(2)12-8-11(9-14(16-3)18-12)15(20)19-13-6-4-5-7-17-13/h4-10H,1-3H3,(H,16,18)(H,17,19,20). The first kappa shape index (κ1) is 14.0. The molecular weight excluding hydrogens is 252 g/mol. The number of hydrogen-bond donors (Lipinski definition) is 2. The Hall–Kier alpha value is -2.43. The number of aromatic nitrogens is 2. The number of carbonyl (C=O) groups excluding carboxylic acids is 1. The van der Waals surface area contributed by atoms with Gasteiger partial charge in [0.15, 0.2) is 0 Å². The maximum atomic E-state index is 12.3. The van der Waals surface area contributed by atoms with Crippen LogP contribution in [0, 0.1) is 0 Å². The number of nitrogens with one attached hydrogen (secondary N) is 2. The summed E-state index contributed by atoms with van der Waals surface area (Å²) < 4.78 is 0. The summed E-state index contributed by atoms with van der Waals surface area (Å²) in [5.74, 6) is 1.28. The van der Waals surface area contributed by atoms with E-state index < -0.39 is 0 Å². The summed E-state index contributed by atoms with van der Waals surface area (Å²) in [6.07, 6.45) is 1.64. The molecule has 0 spiro atoms. The summed E-state index contributed by atoms with van der Waals surface area (Å²) in [7, 11) is 1.78. The molecular formula is C15H18N4O. The molecule has 0 saturated heterocycles. The Bertz CT molecular complexity index is 596. The van der Waals surface area contributed by atoms with E-state index in [0.717, 1.165) is 5.69 Å². The van der Waals surface area contributed by atoms with Crippen molar-refractivity contribution in [2.24, 2.45) is 0 Å². The molecule has 0 saturated carbocycles. The van der Waals surface area contributed by atoms with Crippen LogP contribution in [0.2, 0.25) is 0 Å². The van der Waals surface area contributed by atoms with Crippen LogP contribution in [0.3, 0.4) is 0 Å². The molecule has 1 amide bonds. The predicted octanol–water partition coefficient (Wildman–Crippen LogP) is 2.89. The number of amides is 1. The van der Waals surface area contributed by atoms with Gasteiger partial charge in [0, 0.05) is 24.5 Å². The van der Waals surface area contributed by atoms with Crippen molar-refractivity contribution in [3.8, 4) is 0 Å². The van der Waals surface area contributed by atoms with E-state index in [4.69, 9.17) is 0 Å². The van der Waals surface area contributed by atoms with Gasteiger partial charge in [0.1, 0.15) is 11.6 Å². The van der Waals surface area contributed by atoms with Crippen LogP contribution in [-0.4, -0.2) is 22.9 Å². The van der Waals surface area contributed by atoms with E-state index in [0.29, 0.717) is 17.2 Å². The number of carbonyl (C=O) groups is 1. The molecule has 2 heterocycles. The number of rotatable bonds is 4. The molecule has 0 atom stereocenters. The molecule has 0 bridgehead atoms. The lowest BCUT2D eigenvalue weighted by molar-refractivity contribution is 0.102. The van der Waals surface area contributed by atoms with Gasteiger partial charge in [0.25, 0.3) is 5.91 Å². The second kappa shape index (κ2) is 6.14. The van der Waals surface area contributed by atoms with Crippen molar-refractivity contribution in [3.05, 3.63) is 47.8 Å². The summed E-state index contributed by atoms with van der Waals surface area (Å²) in [5.41, 5.74) is 1.45. The summed E-state index contributed by atoms with van der Waals surface area (Å²) in [6, 6.07) is 8.92. The largest absolute Gasteiger partial charge is 0.373 e. The van der Waals surface area contributed by atoms with Gasteiger partial charge in [0.2, 0.25) is 0 Å². The third-order valence-electron chi connectivity index (χ3n) is 2.86. The zero-order valence-electron chi connectivity index (χ0n) is 11.8. The molecule has 0 aliphatic carbocycles. The van der Waals surface area contributed by atoms with Crippen LogP contribution < -0.4 is 10.6 Å². The molecule has 5 nitrogen and oxygen atoms in total. The van der Waals surface area contributed by atoms with E-state index in [1.807, 2.05) is 26.0 Å². The SMILES string of the molecule is CNc1cc(C(=O)Nc2ccccn2)cc(C(C)C)n1. The Labute approximate surface area is 118 Å². The topological polar surface area (TPSA) is 66.9 Å². The number of anilines is 2. The first-order valence-electron chi connectivity index (χ1n) is 6.52. The highest BCUT2D eigenvalue weighted by Crippen LogP contribution is 2.18. The molecule has 0 aromatic carbocycles. The van der Waals surface area contributed by atoms with Crippen LogP contribution in [0.5, 0.6) is 0 Å². The fraction of sp³-hybridized carbons (Fsp3) is 0.267. The Balaban J connectivity index is 2.27. The highest BCUT2D eigenvalue weighted by atomic mass is 16.1. The first-order chi connectivity index (χ1) is 9.60. The van der Waals surface area contributed by atoms with E-state index in [2.05, 4.69) is 20.6 Å². The zero-order valence-corrected chi connectivity index (χ0v) is 11.8. The highest BCUT2D eigenvalue weighted by molar-refractivity contribution is 6.04. The molecule has 0 radical (unpaired) electrons. The molecule has 20 heavy (non-hydrogen) atoms. The molecule has 0 aliphatic heterocycles. The smallest absolute Gasteiger partial charge is 0.257 e. The number of nitrogens with zero attached hydrogens (tertiary/aromatic N) is 2. The number of hydrogen-bond acceptors (Lipinski definition) is 4.